The second-order valence-electron chi connectivity index (χ2n) is 8.09. The lowest BCUT2D eigenvalue weighted by atomic mass is 9.99. The Morgan fingerprint density at radius 3 is 2.66 bits per heavy atom. The zero-order valence-corrected chi connectivity index (χ0v) is 18.5. The van der Waals surface area contributed by atoms with Crippen LogP contribution in [0.4, 0.5) is 0 Å². The van der Waals surface area contributed by atoms with Crippen LogP contribution in [0.25, 0.3) is 21.9 Å². The van der Waals surface area contributed by atoms with E-state index in [1.54, 1.807) is 23.0 Å². The Morgan fingerprint density at radius 2 is 1.89 bits per heavy atom. The molecular weight excluding hydrogens is 466 g/mol. The molecule has 13 heteroatoms. The summed E-state index contributed by atoms with van der Waals surface area (Å²) in [4.78, 5) is 11.8. The normalized spacial score (nSPS) is 24.9. The van der Waals surface area contributed by atoms with Crippen LogP contribution in [-0.2, 0) is 22.6 Å². The molecule has 1 fully saturated rings. The fraction of sp³-hybridized carbons (Fsp3) is 0.409. The molecule has 186 valence electrons. The number of aromatic nitrogens is 3. The first-order valence-electron chi connectivity index (χ1n) is 10.7. The molecule has 0 amide bonds. The summed E-state index contributed by atoms with van der Waals surface area (Å²) < 4.78 is 28.8. The Bertz CT molecular complexity index is 1390. The summed E-state index contributed by atoms with van der Waals surface area (Å²) in [6.07, 6.45) is -3.76. The predicted molar refractivity (Wildman–Crippen MR) is 116 cm³/mol. The average molecular weight is 489 g/mol. The van der Waals surface area contributed by atoms with Gasteiger partial charge in [0.25, 0.3) is 0 Å². The molecule has 13 nitrogen and oxygen atoms in total. The van der Waals surface area contributed by atoms with Gasteiger partial charge in [0.2, 0.25) is 5.75 Å². The molecule has 1 aliphatic rings. The fourth-order valence-corrected chi connectivity index (χ4v) is 4.17. The summed E-state index contributed by atoms with van der Waals surface area (Å²) in [7, 11) is 1.46. The molecular formula is C22H23N3O10. The minimum atomic E-state index is -1.54. The lowest BCUT2D eigenvalue weighted by Gasteiger charge is -2.39. The zero-order valence-electron chi connectivity index (χ0n) is 18.5. The second-order valence-corrected chi connectivity index (χ2v) is 8.09. The van der Waals surface area contributed by atoms with Gasteiger partial charge in [-0.25, -0.2) is 9.48 Å². The van der Waals surface area contributed by atoms with Gasteiger partial charge in [-0.3, -0.25) is 0 Å². The Kier molecular flexibility index (Phi) is 6.27. The molecule has 0 aliphatic carbocycles. The molecule has 0 radical (unpaired) electrons. The van der Waals surface area contributed by atoms with Crippen molar-refractivity contribution in [2.75, 3.05) is 13.7 Å². The van der Waals surface area contributed by atoms with Gasteiger partial charge in [-0.2, -0.15) is 0 Å². The third-order valence-corrected chi connectivity index (χ3v) is 5.92. The van der Waals surface area contributed by atoms with Crippen LogP contribution < -0.4 is 10.4 Å². The molecule has 5 atom stereocenters. The Morgan fingerprint density at radius 1 is 1.09 bits per heavy atom. The second kappa shape index (κ2) is 9.37. The Labute approximate surface area is 196 Å². The number of aliphatic hydroxyl groups is 4. The number of benzene rings is 1. The highest BCUT2D eigenvalue weighted by Crippen LogP contribution is 2.38. The number of nitrogens with zero attached hydrogens (tertiary/aromatic N) is 3. The van der Waals surface area contributed by atoms with E-state index in [-0.39, 0.29) is 18.7 Å². The topological polar surface area (TPSA) is 183 Å². The predicted octanol–water partition coefficient (Wildman–Crippen LogP) is -0.496. The van der Waals surface area contributed by atoms with Crippen molar-refractivity contribution >= 4 is 21.9 Å². The van der Waals surface area contributed by atoms with Gasteiger partial charge in [-0.1, -0.05) is 5.21 Å². The molecule has 5 rings (SSSR count). The molecule has 4 N–H and O–H groups in total. The molecule has 0 unspecified atom stereocenters. The zero-order chi connectivity index (χ0) is 24.7. The van der Waals surface area contributed by atoms with E-state index in [0.717, 1.165) is 10.9 Å². The van der Waals surface area contributed by atoms with Crippen LogP contribution in [0, 0.1) is 0 Å². The molecule has 1 aromatic carbocycles. The third-order valence-electron chi connectivity index (χ3n) is 5.92. The van der Waals surface area contributed by atoms with Gasteiger partial charge in [-0.15, -0.1) is 5.10 Å². The largest absolute Gasteiger partial charge is 0.490 e. The van der Waals surface area contributed by atoms with Crippen LogP contribution in [0.1, 0.15) is 11.3 Å². The summed E-state index contributed by atoms with van der Waals surface area (Å²) in [5.41, 5.74) is 1.31. The van der Waals surface area contributed by atoms with E-state index < -0.39 is 42.9 Å². The van der Waals surface area contributed by atoms with Crippen molar-refractivity contribution in [1.29, 1.82) is 0 Å². The van der Waals surface area contributed by atoms with E-state index in [1.807, 2.05) is 0 Å². The summed E-state index contributed by atoms with van der Waals surface area (Å²) in [6.45, 7) is -0.432. The number of hydrogen-bond acceptors (Lipinski definition) is 12. The third kappa shape index (κ3) is 4.18. The van der Waals surface area contributed by atoms with Crippen molar-refractivity contribution in [2.24, 2.45) is 0 Å². The number of methoxy groups -OCH3 is 1. The molecule has 0 spiro atoms. The molecule has 0 bridgehead atoms. The van der Waals surface area contributed by atoms with Crippen LogP contribution >= 0.6 is 0 Å². The molecule has 4 heterocycles. The SMILES string of the molecule is COc1c2occc2c(Cn2cc(CO[C@@H]3O[C@H](CO)[C@@H](O)[C@H](O)[C@H]3O)nn2)c2ccc(=O)oc12. The van der Waals surface area contributed by atoms with Gasteiger partial charge in [0, 0.05) is 16.8 Å². The van der Waals surface area contributed by atoms with Gasteiger partial charge >= 0.3 is 5.63 Å². The van der Waals surface area contributed by atoms with Crippen molar-refractivity contribution < 1.29 is 43.5 Å². The Hall–Kier alpha value is -3.33. The van der Waals surface area contributed by atoms with Gasteiger partial charge < -0.3 is 43.5 Å². The summed E-state index contributed by atoms with van der Waals surface area (Å²) >= 11 is 0. The number of hydrogen-bond donors (Lipinski definition) is 4. The van der Waals surface area contributed by atoms with Crippen molar-refractivity contribution in [2.45, 2.75) is 43.9 Å². The first kappa shape index (κ1) is 23.4. The number of fused-ring (bicyclic) bond motifs is 2. The molecule has 1 saturated heterocycles. The monoisotopic (exact) mass is 489 g/mol. The quantitative estimate of drug-likeness (QED) is 0.245. The minimum absolute atomic E-state index is 0.123. The van der Waals surface area contributed by atoms with Gasteiger partial charge in [0.15, 0.2) is 17.5 Å². The van der Waals surface area contributed by atoms with E-state index >= 15 is 0 Å². The molecule has 1 aliphatic heterocycles. The van der Waals surface area contributed by atoms with Crippen molar-refractivity contribution in [1.82, 2.24) is 15.0 Å². The average Bonchev–Trinajstić information content (AvgIpc) is 3.52. The highest BCUT2D eigenvalue weighted by atomic mass is 16.7. The molecule has 35 heavy (non-hydrogen) atoms. The van der Waals surface area contributed by atoms with Crippen molar-refractivity contribution in [3.63, 3.8) is 0 Å². The Balaban J connectivity index is 1.38. The standard InChI is InChI=1S/C22H23N3O10/c1-31-21-19-12(4-5-32-19)13(11-2-3-15(27)35-20(11)21)7-25-6-10(23-24-25)9-33-22-18(30)17(29)16(28)14(8-26)34-22/h2-6,14,16-18,22,26,28-30H,7-9H2,1H3/t14-,16-,17+,18-,22-/m1/s1. The maximum Gasteiger partial charge on any atom is 0.336 e. The maximum absolute atomic E-state index is 11.8. The van der Waals surface area contributed by atoms with E-state index in [9.17, 15) is 25.2 Å². The van der Waals surface area contributed by atoms with Gasteiger partial charge in [0.1, 0.15) is 30.1 Å². The molecule has 3 aromatic heterocycles. The van der Waals surface area contributed by atoms with E-state index in [0.29, 0.717) is 22.4 Å². The fourth-order valence-electron chi connectivity index (χ4n) is 4.17. The lowest BCUT2D eigenvalue weighted by Crippen LogP contribution is -2.59. The van der Waals surface area contributed by atoms with Crippen LogP contribution in [0.15, 0.2) is 44.3 Å². The molecule has 4 aromatic rings. The minimum Gasteiger partial charge on any atom is -0.490 e. The number of aliphatic hydroxyl groups excluding tert-OH is 4. The van der Waals surface area contributed by atoms with E-state index in [1.165, 1.54) is 19.4 Å². The van der Waals surface area contributed by atoms with Crippen molar-refractivity contribution in [3.05, 3.63) is 52.3 Å². The van der Waals surface area contributed by atoms with Gasteiger partial charge in [-0.05, 0) is 17.7 Å². The first-order valence-corrected chi connectivity index (χ1v) is 10.7. The molecule has 0 saturated carbocycles. The lowest BCUT2D eigenvalue weighted by molar-refractivity contribution is -0.304. The smallest absolute Gasteiger partial charge is 0.336 e. The summed E-state index contributed by atoms with van der Waals surface area (Å²) in [5.74, 6) is 0.314. The van der Waals surface area contributed by atoms with Crippen molar-refractivity contribution in [3.8, 4) is 5.75 Å². The van der Waals surface area contributed by atoms with Crippen LogP contribution in [-0.4, -0.2) is 79.8 Å². The van der Waals surface area contributed by atoms with E-state index in [4.69, 9.17) is 23.0 Å². The number of ether oxygens (including phenoxy) is 3. The highest BCUT2D eigenvalue weighted by molar-refractivity contribution is 6.03. The highest BCUT2D eigenvalue weighted by Gasteiger charge is 2.44. The number of rotatable bonds is 7. The van der Waals surface area contributed by atoms with Crippen LogP contribution in [0.3, 0.4) is 0 Å². The van der Waals surface area contributed by atoms with Gasteiger partial charge in [0.05, 0.1) is 39.3 Å². The van der Waals surface area contributed by atoms with E-state index in [2.05, 4.69) is 10.3 Å². The summed E-state index contributed by atoms with van der Waals surface area (Å²) in [6, 6.07) is 4.74. The van der Waals surface area contributed by atoms with Crippen LogP contribution in [0.2, 0.25) is 0 Å². The maximum atomic E-state index is 11.8. The summed E-state index contributed by atoms with van der Waals surface area (Å²) in [5, 5.41) is 48.7. The number of furan rings is 1. The first-order chi connectivity index (χ1) is 16.9. The van der Waals surface area contributed by atoms with Crippen LogP contribution in [0.5, 0.6) is 5.75 Å².